The number of hydrogen-bond donors (Lipinski definition) is 0. The number of carbonyl (C=O) groups is 1. The van der Waals surface area contributed by atoms with E-state index in [0.29, 0.717) is 17.6 Å². The first-order chi connectivity index (χ1) is 10.3. The molecule has 1 amide bonds. The van der Waals surface area contributed by atoms with E-state index in [-0.39, 0.29) is 6.09 Å². The molecule has 1 atom stereocenters. The summed E-state index contributed by atoms with van der Waals surface area (Å²) in [4.78, 5) is 21.7. The highest BCUT2D eigenvalue weighted by Crippen LogP contribution is 2.24. The number of ether oxygens (including phenoxy) is 1. The number of likely N-dealkylation sites (tertiary alicyclic amines) is 1. The van der Waals surface area contributed by atoms with E-state index in [2.05, 4.69) is 9.97 Å². The predicted octanol–water partition coefficient (Wildman–Crippen LogP) is 3.35. The molecule has 7 heteroatoms. The van der Waals surface area contributed by atoms with Crippen LogP contribution in [0.3, 0.4) is 0 Å². The average Bonchev–Trinajstić information content (AvgIpc) is 2.45. The van der Waals surface area contributed by atoms with Crippen molar-refractivity contribution in [1.82, 2.24) is 14.9 Å². The minimum atomic E-state index is -0.471. The van der Waals surface area contributed by atoms with Crippen molar-refractivity contribution in [3.63, 3.8) is 0 Å². The van der Waals surface area contributed by atoms with E-state index in [9.17, 15) is 9.18 Å². The second-order valence-corrected chi connectivity index (χ2v) is 7.42. The van der Waals surface area contributed by atoms with Crippen LogP contribution in [0.2, 0.25) is 0 Å². The lowest BCUT2D eigenvalue weighted by Crippen LogP contribution is -2.43. The van der Waals surface area contributed by atoms with Crippen molar-refractivity contribution >= 4 is 17.9 Å². The maximum absolute atomic E-state index is 12.8. The molecular formula is C15H22FN3O2S. The van der Waals surface area contributed by atoms with Crippen LogP contribution in [0.25, 0.3) is 0 Å². The van der Waals surface area contributed by atoms with Gasteiger partial charge < -0.3 is 9.64 Å². The average molecular weight is 327 g/mol. The number of carbonyl (C=O) groups excluding carboxylic acids is 1. The van der Waals surface area contributed by atoms with E-state index in [1.807, 2.05) is 20.8 Å². The summed E-state index contributed by atoms with van der Waals surface area (Å²) in [5, 5.41) is 0.566. The fourth-order valence-electron chi connectivity index (χ4n) is 2.26. The van der Waals surface area contributed by atoms with Gasteiger partial charge in [-0.15, -0.1) is 0 Å². The summed E-state index contributed by atoms with van der Waals surface area (Å²) < 4.78 is 18.2. The Bertz CT molecular complexity index is 505. The Morgan fingerprint density at radius 1 is 1.45 bits per heavy atom. The Morgan fingerprint density at radius 2 is 2.14 bits per heavy atom. The molecule has 2 heterocycles. The zero-order valence-corrected chi connectivity index (χ0v) is 14.0. The van der Waals surface area contributed by atoms with Crippen molar-refractivity contribution in [3.05, 3.63) is 18.2 Å². The Morgan fingerprint density at radius 3 is 2.77 bits per heavy atom. The lowest BCUT2D eigenvalue weighted by molar-refractivity contribution is 0.0177. The minimum Gasteiger partial charge on any atom is -0.444 e. The molecule has 0 spiro atoms. The molecule has 1 fully saturated rings. The summed E-state index contributed by atoms with van der Waals surface area (Å²) in [6.07, 6.45) is 4.12. The smallest absolute Gasteiger partial charge is 0.410 e. The van der Waals surface area contributed by atoms with Crippen molar-refractivity contribution in [2.75, 3.05) is 18.8 Å². The van der Waals surface area contributed by atoms with Gasteiger partial charge in [-0.05, 0) is 39.5 Å². The van der Waals surface area contributed by atoms with Crippen LogP contribution in [0.4, 0.5) is 9.18 Å². The first-order valence-corrected chi connectivity index (χ1v) is 8.40. The van der Waals surface area contributed by atoms with Gasteiger partial charge >= 0.3 is 6.09 Å². The first-order valence-electron chi connectivity index (χ1n) is 7.42. The van der Waals surface area contributed by atoms with Gasteiger partial charge in [0.2, 0.25) is 0 Å². The Kier molecular flexibility index (Phi) is 5.61. The second kappa shape index (κ2) is 7.26. The van der Waals surface area contributed by atoms with Crippen LogP contribution in [-0.2, 0) is 4.74 Å². The monoisotopic (exact) mass is 327 g/mol. The first kappa shape index (κ1) is 17.0. The van der Waals surface area contributed by atoms with Crippen molar-refractivity contribution in [1.29, 1.82) is 0 Å². The number of nitrogens with zero attached hydrogens (tertiary/aromatic N) is 3. The quantitative estimate of drug-likeness (QED) is 0.629. The van der Waals surface area contributed by atoms with Crippen LogP contribution in [0.15, 0.2) is 17.6 Å². The molecule has 1 unspecified atom stereocenters. The van der Waals surface area contributed by atoms with Gasteiger partial charge in [0.05, 0.1) is 12.4 Å². The normalized spacial score (nSPS) is 19.1. The predicted molar refractivity (Wildman–Crippen MR) is 83.2 cm³/mol. The Hall–Kier alpha value is -1.37. The highest BCUT2D eigenvalue weighted by Gasteiger charge is 2.27. The zero-order chi connectivity index (χ0) is 16.2. The number of hydrogen-bond acceptors (Lipinski definition) is 5. The summed E-state index contributed by atoms with van der Waals surface area (Å²) >= 11 is 1.49. The fraction of sp³-hybridized carbons (Fsp3) is 0.667. The van der Waals surface area contributed by atoms with E-state index < -0.39 is 11.4 Å². The molecule has 0 aliphatic carbocycles. The Balaban J connectivity index is 1.82. The molecule has 1 aliphatic heterocycles. The fourth-order valence-corrected chi connectivity index (χ4v) is 3.17. The topological polar surface area (TPSA) is 55.3 Å². The maximum atomic E-state index is 12.8. The number of rotatable bonds is 3. The van der Waals surface area contributed by atoms with E-state index in [4.69, 9.17) is 4.74 Å². The van der Waals surface area contributed by atoms with Gasteiger partial charge in [0.15, 0.2) is 11.0 Å². The number of halogens is 1. The molecular weight excluding hydrogens is 305 g/mol. The molecule has 0 saturated carbocycles. The largest absolute Gasteiger partial charge is 0.444 e. The molecule has 1 aromatic heterocycles. The highest BCUT2D eigenvalue weighted by atomic mass is 32.2. The summed E-state index contributed by atoms with van der Waals surface area (Å²) in [6, 6.07) is 0. The third-order valence-corrected chi connectivity index (χ3v) is 4.32. The minimum absolute atomic E-state index is 0.250. The van der Waals surface area contributed by atoms with Gasteiger partial charge in [0.1, 0.15) is 5.60 Å². The SMILES string of the molecule is CC(C)(C)OC(=O)N1CCCC(CSc2ncc(F)cn2)C1. The van der Waals surface area contributed by atoms with Crippen molar-refractivity contribution in [3.8, 4) is 0 Å². The van der Waals surface area contributed by atoms with Crippen molar-refractivity contribution in [2.45, 2.75) is 44.4 Å². The lowest BCUT2D eigenvalue weighted by atomic mass is 10.0. The van der Waals surface area contributed by atoms with Crippen LogP contribution in [-0.4, -0.2) is 45.4 Å². The second-order valence-electron chi connectivity index (χ2n) is 6.43. The molecule has 122 valence electrons. The molecule has 1 saturated heterocycles. The lowest BCUT2D eigenvalue weighted by Gasteiger charge is -2.33. The van der Waals surface area contributed by atoms with E-state index >= 15 is 0 Å². The van der Waals surface area contributed by atoms with E-state index in [0.717, 1.165) is 25.1 Å². The third-order valence-electron chi connectivity index (χ3n) is 3.22. The molecule has 0 bridgehead atoms. The van der Waals surface area contributed by atoms with Gasteiger partial charge in [-0.3, -0.25) is 0 Å². The zero-order valence-electron chi connectivity index (χ0n) is 13.2. The van der Waals surface area contributed by atoms with Crippen LogP contribution < -0.4 is 0 Å². The maximum Gasteiger partial charge on any atom is 0.410 e. The highest BCUT2D eigenvalue weighted by molar-refractivity contribution is 7.99. The molecule has 0 aromatic carbocycles. The van der Waals surface area contributed by atoms with Crippen LogP contribution in [0.1, 0.15) is 33.6 Å². The van der Waals surface area contributed by atoms with Crippen LogP contribution >= 0.6 is 11.8 Å². The third kappa shape index (κ3) is 5.44. The molecule has 22 heavy (non-hydrogen) atoms. The summed E-state index contributed by atoms with van der Waals surface area (Å²) in [5.74, 6) is 0.753. The number of amides is 1. The van der Waals surface area contributed by atoms with Gasteiger partial charge in [0.25, 0.3) is 0 Å². The van der Waals surface area contributed by atoms with Crippen molar-refractivity contribution < 1.29 is 13.9 Å². The summed E-state index contributed by atoms with van der Waals surface area (Å²) in [7, 11) is 0. The van der Waals surface area contributed by atoms with Crippen LogP contribution in [0, 0.1) is 11.7 Å². The van der Waals surface area contributed by atoms with Gasteiger partial charge in [-0.25, -0.2) is 19.2 Å². The van der Waals surface area contributed by atoms with E-state index in [1.165, 1.54) is 24.2 Å². The molecule has 1 aliphatic rings. The number of thioether (sulfide) groups is 1. The molecule has 0 N–H and O–H groups in total. The molecule has 0 radical (unpaired) electrons. The van der Waals surface area contributed by atoms with Gasteiger partial charge in [-0.1, -0.05) is 11.8 Å². The molecule has 1 aromatic rings. The van der Waals surface area contributed by atoms with Crippen LogP contribution in [0.5, 0.6) is 0 Å². The number of aromatic nitrogens is 2. The van der Waals surface area contributed by atoms with Crippen molar-refractivity contribution in [2.24, 2.45) is 5.92 Å². The van der Waals surface area contributed by atoms with E-state index in [1.54, 1.807) is 4.90 Å². The Labute approximate surface area is 134 Å². The summed E-state index contributed by atoms with van der Waals surface area (Å²) in [5.41, 5.74) is -0.471. The van der Waals surface area contributed by atoms with Gasteiger partial charge in [0, 0.05) is 18.8 Å². The molecule has 2 rings (SSSR count). The molecule has 5 nitrogen and oxygen atoms in total. The van der Waals surface area contributed by atoms with Gasteiger partial charge in [-0.2, -0.15) is 0 Å². The summed E-state index contributed by atoms with van der Waals surface area (Å²) in [6.45, 7) is 7.03. The standard InChI is InChI=1S/C15H22FN3O2S/c1-15(2,3)21-14(20)19-6-4-5-11(9-19)10-22-13-17-7-12(16)8-18-13/h7-8,11H,4-6,9-10H2,1-3H3. The number of piperidine rings is 1.